The van der Waals surface area contributed by atoms with Gasteiger partial charge in [-0.15, -0.1) is 0 Å². The number of benzene rings is 9. The number of rotatable bonds is 2. The summed E-state index contributed by atoms with van der Waals surface area (Å²) in [6.07, 6.45) is 0. The largest absolute Gasteiger partial charge is 0.456 e. The fraction of sp³-hybridized carbons (Fsp3) is 0.102. The standard InChI is InChI=1S/C49H36O/c1-27-14-16-34-38(18-27)30(4)22-41-40(34)20-29(3)21-45(41)48-35-12-8-9-13-36(35)49(44-19-28(2)15-17-37(44)48)39-26-43-42-24-32-10-6-7-11-33(32)25-47(42)50-46(43)23-31(39)5/h6-26H,1-5H3/i6D,7D,8D,9D,10D,11D,12D,13D,14D,15D,16D,17D,18D,19D,20D,21D,22D,23D,24D,25D,26D. The lowest BCUT2D eigenvalue weighted by atomic mass is 9.82. The number of aryl methyl sites for hydroxylation is 1. The molecule has 50 heavy (non-hydrogen) atoms. The van der Waals surface area contributed by atoms with Gasteiger partial charge in [-0.2, -0.15) is 0 Å². The van der Waals surface area contributed by atoms with Crippen molar-refractivity contribution in [3.8, 4) is 22.3 Å². The Bertz CT molecular complexity index is 4200. The van der Waals surface area contributed by atoms with Gasteiger partial charge in [-0.05, 0) is 152 Å². The lowest BCUT2D eigenvalue weighted by Gasteiger charge is -2.21. The zero-order chi connectivity index (χ0) is 52.1. The molecule has 0 bridgehead atoms. The highest BCUT2D eigenvalue weighted by atomic mass is 16.3. The Labute approximate surface area is 320 Å². The number of hydrogen-bond donors (Lipinski definition) is 0. The molecule has 0 aliphatic carbocycles. The normalized spacial score (nSPS) is 18.0. The monoisotopic (exact) mass is 661 g/mol. The van der Waals surface area contributed by atoms with E-state index in [0.717, 1.165) is 0 Å². The van der Waals surface area contributed by atoms with Crippen molar-refractivity contribution >= 4 is 75.8 Å². The average molecular weight is 662 g/mol. The number of furan rings is 1. The molecule has 0 fully saturated rings. The molecule has 10 rings (SSSR count). The summed E-state index contributed by atoms with van der Waals surface area (Å²) in [7, 11) is 0. The summed E-state index contributed by atoms with van der Waals surface area (Å²) < 4.78 is 200. The molecule has 9 aromatic carbocycles. The summed E-state index contributed by atoms with van der Waals surface area (Å²) >= 11 is 0. The molecule has 1 aromatic heterocycles. The molecule has 0 radical (unpaired) electrons. The molecule has 0 spiro atoms. The average Bonchev–Trinajstić information content (AvgIpc) is 3.76. The minimum absolute atomic E-state index is 0.0464. The van der Waals surface area contributed by atoms with Crippen molar-refractivity contribution in [1.82, 2.24) is 0 Å². The van der Waals surface area contributed by atoms with Gasteiger partial charge in [0.25, 0.3) is 0 Å². The van der Waals surface area contributed by atoms with Gasteiger partial charge < -0.3 is 4.42 Å². The van der Waals surface area contributed by atoms with Crippen molar-refractivity contribution in [2.75, 3.05) is 0 Å². The highest BCUT2D eigenvalue weighted by Gasteiger charge is 2.22. The van der Waals surface area contributed by atoms with E-state index < -0.39 is 102 Å². The van der Waals surface area contributed by atoms with Gasteiger partial charge in [-0.25, -0.2) is 0 Å². The zero-order valence-corrected chi connectivity index (χ0v) is 27.4. The Morgan fingerprint density at radius 1 is 0.360 bits per heavy atom. The summed E-state index contributed by atoms with van der Waals surface area (Å²) in [5.41, 5.74) is -1.72. The molecule has 0 N–H and O–H groups in total. The second kappa shape index (κ2) is 10.5. The molecule has 1 heterocycles. The molecule has 0 amide bonds. The smallest absolute Gasteiger partial charge is 0.136 e. The minimum atomic E-state index is -0.789. The molecule has 0 atom stereocenters. The molecule has 0 saturated heterocycles. The van der Waals surface area contributed by atoms with E-state index in [1.807, 2.05) is 0 Å². The van der Waals surface area contributed by atoms with Crippen LogP contribution in [-0.4, -0.2) is 0 Å². The first-order chi connectivity index (χ1) is 33.2. The quantitative estimate of drug-likeness (QED) is 0.133. The van der Waals surface area contributed by atoms with Crippen LogP contribution in [0, 0.1) is 34.6 Å². The van der Waals surface area contributed by atoms with Crippen LogP contribution in [0.25, 0.3) is 98.1 Å². The SMILES string of the molecule is [2H]c1c([2H])c([2H])c2c([2H])c3c(oc4c([2H])c(C)c(-c5c6c([2H])c([2H])c([2H])c([2H])c6c(-c6c([2H])c(C)c([2H])c7c6c([2H])c(C)c6c([2H])c(C)c([2H])c([2H])c67)c6c([2H])c([2H])c(C)c([2H])c56)c([2H])c43)c([2H])c2c1[2H]. The van der Waals surface area contributed by atoms with E-state index in [1.54, 1.807) is 0 Å². The minimum Gasteiger partial charge on any atom is -0.456 e. The van der Waals surface area contributed by atoms with Gasteiger partial charge in [0.1, 0.15) is 11.2 Å². The lowest BCUT2D eigenvalue weighted by Crippen LogP contribution is -1.95. The third-order valence-corrected chi connectivity index (χ3v) is 9.14. The predicted molar refractivity (Wildman–Crippen MR) is 216 cm³/mol. The molecule has 238 valence electrons. The Balaban J connectivity index is 1.54. The summed E-state index contributed by atoms with van der Waals surface area (Å²) in [4.78, 5) is 0. The summed E-state index contributed by atoms with van der Waals surface area (Å²) in [5, 5.41) is -2.87. The fourth-order valence-electron chi connectivity index (χ4n) is 6.97. The van der Waals surface area contributed by atoms with Gasteiger partial charge in [-0.1, -0.05) is 114 Å². The van der Waals surface area contributed by atoms with Crippen LogP contribution < -0.4 is 0 Å². The predicted octanol–water partition coefficient (Wildman–Crippen LogP) is 14.2. The third-order valence-electron chi connectivity index (χ3n) is 9.14. The van der Waals surface area contributed by atoms with Crippen LogP contribution in [-0.2, 0) is 0 Å². The second-order valence-corrected chi connectivity index (χ2v) is 12.5. The van der Waals surface area contributed by atoms with E-state index in [-0.39, 0.29) is 151 Å². The Morgan fingerprint density at radius 3 is 1.70 bits per heavy atom. The van der Waals surface area contributed by atoms with Crippen LogP contribution in [0.15, 0.2) is 131 Å². The van der Waals surface area contributed by atoms with Gasteiger partial charge in [0.15, 0.2) is 0 Å². The van der Waals surface area contributed by atoms with Crippen molar-refractivity contribution in [2.45, 2.75) is 34.6 Å². The molecule has 10 aromatic rings. The zero-order valence-electron chi connectivity index (χ0n) is 48.4. The Morgan fingerprint density at radius 2 is 0.940 bits per heavy atom. The maximum absolute atomic E-state index is 10.1. The van der Waals surface area contributed by atoms with Gasteiger partial charge in [0.05, 0.1) is 28.8 Å². The van der Waals surface area contributed by atoms with E-state index in [0.29, 0.717) is 0 Å². The van der Waals surface area contributed by atoms with Crippen molar-refractivity contribution in [1.29, 1.82) is 0 Å². The first kappa shape index (κ1) is 14.9. The van der Waals surface area contributed by atoms with Crippen molar-refractivity contribution in [3.63, 3.8) is 0 Å². The second-order valence-electron chi connectivity index (χ2n) is 12.5. The van der Waals surface area contributed by atoms with Crippen molar-refractivity contribution in [2.24, 2.45) is 0 Å². The first-order valence-electron chi connectivity index (χ1n) is 26.4. The Hall–Kier alpha value is -5.92. The van der Waals surface area contributed by atoms with Crippen LogP contribution in [0.2, 0.25) is 0 Å². The Kier molecular flexibility index (Phi) is 3.14. The van der Waals surface area contributed by atoms with E-state index in [9.17, 15) is 16.4 Å². The molecular weight excluding hydrogens is 605 g/mol. The van der Waals surface area contributed by atoms with E-state index in [4.69, 9.17) is 16.8 Å². The van der Waals surface area contributed by atoms with E-state index in [1.165, 1.54) is 34.6 Å². The van der Waals surface area contributed by atoms with Gasteiger partial charge in [0, 0.05) is 10.8 Å². The van der Waals surface area contributed by atoms with Crippen LogP contribution in [0.4, 0.5) is 0 Å². The summed E-state index contributed by atoms with van der Waals surface area (Å²) in [6, 6.07) is -11.3. The summed E-state index contributed by atoms with van der Waals surface area (Å²) in [5.74, 6) is 0. The van der Waals surface area contributed by atoms with Gasteiger partial charge in [0.2, 0.25) is 0 Å². The van der Waals surface area contributed by atoms with Gasteiger partial charge in [-0.3, -0.25) is 0 Å². The topological polar surface area (TPSA) is 13.1 Å². The van der Waals surface area contributed by atoms with E-state index >= 15 is 0 Å². The van der Waals surface area contributed by atoms with Crippen molar-refractivity contribution in [3.05, 3.63) is 155 Å². The maximum Gasteiger partial charge on any atom is 0.136 e. The molecule has 0 unspecified atom stereocenters. The molecule has 1 heteroatoms. The molecule has 1 nitrogen and oxygen atoms in total. The maximum atomic E-state index is 10.1. The summed E-state index contributed by atoms with van der Waals surface area (Å²) in [6.45, 7) is 7.22. The molecule has 0 saturated carbocycles. The van der Waals surface area contributed by atoms with Crippen LogP contribution in [0.5, 0.6) is 0 Å². The number of fused-ring (bicyclic) bond motifs is 9. The molecule has 0 aliphatic heterocycles. The lowest BCUT2D eigenvalue weighted by molar-refractivity contribution is 0.669. The highest BCUT2D eigenvalue weighted by molar-refractivity contribution is 6.26. The van der Waals surface area contributed by atoms with Gasteiger partial charge >= 0.3 is 0 Å². The van der Waals surface area contributed by atoms with E-state index in [2.05, 4.69) is 0 Å². The van der Waals surface area contributed by atoms with Crippen LogP contribution in [0.1, 0.15) is 56.6 Å². The highest BCUT2D eigenvalue weighted by Crippen LogP contribution is 2.48. The number of hydrogen-bond acceptors (Lipinski definition) is 1. The van der Waals surface area contributed by atoms with Crippen LogP contribution in [0.3, 0.4) is 0 Å². The fourth-order valence-corrected chi connectivity index (χ4v) is 6.97. The van der Waals surface area contributed by atoms with Crippen molar-refractivity contribution < 1.29 is 33.2 Å². The molecule has 0 aliphatic rings. The van der Waals surface area contributed by atoms with Crippen LogP contribution >= 0.6 is 0 Å². The molecular formula is C49H36O. The third kappa shape index (κ3) is 4.20. The first-order valence-corrected chi connectivity index (χ1v) is 15.9.